The van der Waals surface area contributed by atoms with Crippen molar-refractivity contribution < 1.29 is 9.53 Å². The molecule has 1 heterocycles. The molecular weight excluding hydrogens is 276 g/mol. The summed E-state index contributed by atoms with van der Waals surface area (Å²) in [6, 6.07) is 10.2. The van der Waals surface area contributed by atoms with Crippen molar-refractivity contribution in [2.45, 2.75) is 32.7 Å². The van der Waals surface area contributed by atoms with E-state index in [4.69, 9.17) is 4.74 Å². The molecule has 0 radical (unpaired) electrons. The number of hydrogen-bond donors (Lipinski definition) is 0. The van der Waals surface area contributed by atoms with E-state index in [-0.39, 0.29) is 0 Å². The molecule has 4 nitrogen and oxygen atoms in total. The van der Waals surface area contributed by atoms with Crippen LogP contribution in [0.2, 0.25) is 0 Å². The maximum absolute atomic E-state index is 11.9. The van der Waals surface area contributed by atoms with Gasteiger partial charge >= 0.3 is 0 Å². The second-order valence-corrected chi connectivity index (χ2v) is 6.47. The van der Waals surface area contributed by atoms with Gasteiger partial charge in [0.1, 0.15) is 12.4 Å². The van der Waals surface area contributed by atoms with Gasteiger partial charge in [0, 0.05) is 32.1 Å². The van der Waals surface area contributed by atoms with E-state index in [1.165, 1.54) is 0 Å². The maximum Gasteiger partial charge on any atom is 0.222 e. The lowest BCUT2D eigenvalue weighted by molar-refractivity contribution is -0.136. The number of piperidine rings is 1. The normalized spacial score (nSPS) is 19.0. The summed E-state index contributed by atoms with van der Waals surface area (Å²) in [4.78, 5) is 16.2. The number of para-hydroxylation sites is 1. The van der Waals surface area contributed by atoms with E-state index in [1.807, 2.05) is 35.2 Å². The van der Waals surface area contributed by atoms with Gasteiger partial charge < -0.3 is 14.5 Å². The van der Waals surface area contributed by atoms with Crippen LogP contribution < -0.4 is 4.74 Å². The number of nitrogens with zero attached hydrogens (tertiary/aromatic N) is 2. The molecule has 1 fully saturated rings. The number of ether oxygens (including phenoxy) is 1. The van der Waals surface area contributed by atoms with Crippen LogP contribution >= 0.6 is 0 Å². The lowest BCUT2D eigenvalue weighted by atomic mass is 9.96. The molecule has 0 spiro atoms. The SMILES string of the molecule is CC(C)N1CC(CN(C)CCOc2ccccc2)CCC1=O. The molecule has 0 aromatic heterocycles. The number of likely N-dealkylation sites (N-methyl/N-ethyl adjacent to an activating group) is 1. The van der Waals surface area contributed by atoms with Crippen LogP contribution in [0.25, 0.3) is 0 Å². The zero-order valence-corrected chi connectivity index (χ0v) is 14.0. The fourth-order valence-electron chi connectivity index (χ4n) is 2.96. The number of carbonyl (C=O) groups is 1. The first-order valence-corrected chi connectivity index (χ1v) is 8.22. The van der Waals surface area contributed by atoms with Crippen molar-refractivity contribution in [1.29, 1.82) is 0 Å². The monoisotopic (exact) mass is 304 g/mol. The number of likely N-dealkylation sites (tertiary alicyclic amines) is 1. The number of rotatable bonds is 7. The van der Waals surface area contributed by atoms with E-state index < -0.39 is 0 Å². The Hall–Kier alpha value is -1.55. The van der Waals surface area contributed by atoms with Gasteiger partial charge in [-0.15, -0.1) is 0 Å². The van der Waals surface area contributed by atoms with Crippen molar-refractivity contribution >= 4 is 5.91 Å². The first kappa shape index (κ1) is 16.8. The third kappa shape index (κ3) is 5.02. The molecule has 0 bridgehead atoms. The summed E-state index contributed by atoms with van der Waals surface area (Å²) in [6.45, 7) is 7.70. The van der Waals surface area contributed by atoms with E-state index in [0.29, 0.717) is 30.9 Å². The Morgan fingerprint density at radius 2 is 2.05 bits per heavy atom. The molecule has 122 valence electrons. The van der Waals surface area contributed by atoms with Crippen molar-refractivity contribution in [3.8, 4) is 5.75 Å². The Labute approximate surface area is 134 Å². The largest absolute Gasteiger partial charge is 0.492 e. The van der Waals surface area contributed by atoms with Gasteiger partial charge in [-0.3, -0.25) is 4.79 Å². The summed E-state index contributed by atoms with van der Waals surface area (Å²) in [5.41, 5.74) is 0. The maximum atomic E-state index is 11.9. The molecule has 22 heavy (non-hydrogen) atoms. The molecule has 1 aliphatic rings. The van der Waals surface area contributed by atoms with Gasteiger partial charge in [-0.25, -0.2) is 0 Å². The van der Waals surface area contributed by atoms with E-state index in [9.17, 15) is 4.79 Å². The van der Waals surface area contributed by atoms with Crippen LogP contribution in [0.1, 0.15) is 26.7 Å². The fraction of sp³-hybridized carbons (Fsp3) is 0.611. The molecule has 1 amide bonds. The standard InChI is InChI=1S/C18H28N2O2/c1-15(2)20-14-16(9-10-18(20)21)13-19(3)11-12-22-17-7-5-4-6-8-17/h4-8,15-16H,9-14H2,1-3H3. The quantitative estimate of drug-likeness (QED) is 0.776. The van der Waals surface area contributed by atoms with Crippen molar-refractivity contribution in [2.24, 2.45) is 5.92 Å². The van der Waals surface area contributed by atoms with Crippen LogP contribution in [0.15, 0.2) is 30.3 Å². The summed E-state index contributed by atoms with van der Waals surface area (Å²) in [5.74, 6) is 1.80. The third-order valence-corrected chi connectivity index (χ3v) is 4.22. The molecule has 0 aliphatic carbocycles. The average molecular weight is 304 g/mol. The highest BCUT2D eigenvalue weighted by Crippen LogP contribution is 2.20. The molecule has 1 aromatic carbocycles. The van der Waals surface area contributed by atoms with Crippen LogP contribution in [0.4, 0.5) is 0 Å². The van der Waals surface area contributed by atoms with Gasteiger partial charge in [0.15, 0.2) is 0 Å². The molecule has 1 atom stereocenters. The smallest absolute Gasteiger partial charge is 0.222 e. The summed E-state index contributed by atoms with van der Waals surface area (Å²) in [5, 5.41) is 0. The summed E-state index contributed by atoms with van der Waals surface area (Å²) >= 11 is 0. The van der Waals surface area contributed by atoms with Crippen LogP contribution in [-0.4, -0.2) is 55.0 Å². The van der Waals surface area contributed by atoms with Gasteiger partial charge in [0.2, 0.25) is 5.91 Å². The van der Waals surface area contributed by atoms with E-state index in [2.05, 4.69) is 25.8 Å². The average Bonchev–Trinajstić information content (AvgIpc) is 2.50. The van der Waals surface area contributed by atoms with Gasteiger partial charge in [-0.05, 0) is 45.4 Å². The number of carbonyl (C=O) groups excluding carboxylic acids is 1. The Morgan fingerprint density at radius 3 is 2.73 bits per heavy atom. The molecule has 0 saturated carbocycles. The van der Waals surface area contributed by atoms with Crippen LogP contribution in [0.5, 0.6) is 5.75 Å². The van der Waals surface area contributed by atoms with Crippen LogP contribution in [-0.2, 0) is 4.79 Å². The van der Waals surface area contributed by atoms with E-state index >= 15 is 0 Å². The predicted octanol–water partition coefficient (Wildman–Crippen LogP) is 2.64. The molecule has 1 aliphatic heterocycles. The van der Waals surface area contributed by atoms with Gasteiger partial charge in [0.05, 0.1) is 0 Å². The Balaban J connectivity index is 1.70. The van der Waals surface area contributed by atoms with Gasteiger partial charge in [-0.2, -0.15) is 0 Å². The van der Waals surface area contributed by atoms with Gasteiger partial charge in [-0.1, -0.05) is 18.2 Å². The highest BCUT2D eigenvalue weighted by molar-refractivity contribution is 5.77. The zero-order chi connectivity index (χ0) is 15.9. The van der Waals surface area contributed by atoms with Crippen molar-refractivity contribution in [2.75, 3.05) is 33.3 Å². The molecule has 2 rings (SSSR count). The Morgan fingerprint density at radius 1 is 1.32 bits per heavy atom. The van der Waals surface area contributed by atoms with E-state index in [0.717, 1.165) is 31.8 Å². The fourth-order valence-corrected chi connectivity index (χ4v) is 2.96. The first-order valence-electron chi connectivity index (χ1n) is 8.22. The Bertz CT molecular complexity index is 461. The van der Waals surface area contributed by atoms with Crippen molar-refractivity contribution in [3.05, 3.63) is 30.3 Å². The number of hydrogen-bond acceptors (Lipinski definition) is 3. The molecule has 0 N–H and O–H groups in total. The highest BCUT2D eigenvalue weighted by Gasteiger charge is 2.27. The lowest BCUT2D eigenvalue weighted by Crippen LogP contribution is -2.46. The Kier molecular flexibility index (Phi) is 6.25. The predicted molar refractivity (Wildman–Crippen MR) is 89.0 cm³/mol. The second-order valence-electron chi connectivity index (χ2n) is 6.47. The lowest BCUT2D eigenvalue weighted by Gasteiger charge is -2.37. The minimum absolute atomic E-state index is 0.307. The molecule has 1 saturated heterocycles. The van der Waals surface area contributed by atoms with Crippen LogP contribution in [0.3, 0.4) is 0 Å². The minimum atomic E-state index is 0.307. The van der Waals surface area contributed by atoms with Crippen molar-refractivity contribution in [3.63, 3.8) is 0 Å². The van der Waals surface area contributed by atoms with Gasteiger partial charge in [0.25, 0.3) is 0 Å². The molecular formula is C18H28N2O2. The minimum Gasteiger partial charge on any atom is -0.492 e. The zero-order valence-electron chi connectivity index (χ0n) is 14.0. The molecule has 1 unspecified atom stereocenters. The highest BCUT2D eigenvalue weighted by atomic mass is 16.5. The molecule has 1 aromatic rings. The van der Waals surface area contributed by atoms with Crippen LogP contribution in [0, 0.1) is 5.92 Å². The summed E-state index contributed by atoms with van der Waals surface area (Å²) in [6.07, 6.45) is 1.70. The summed E-state index contributed by atoms with van der Waals surface area (Å²) in [7, 11) is 2.13. The van der Waals surface area contributed by atoms with Crippen molar-refractivity contribution in [1.82, 2.24) is 9.80 Å². The number of amides is 1. The number of benzene rings is 1. The molecule has 4 heteroatoms. The second kappa shape index (κ2) is 8.18. The topological polar surface area (TPSA) is 32.8 Å². The first-order chi connectivity index (χ1) is 10.6. The third-order valence-electron chi connectivity index (χ3n) is 4.22. The summed E-state index contributed by atoms with van der Waals surface area (Å²) < 4.78 is 5.74. The van der Waals surface area contributed by atoms with E-state index in [1.54, 1.807) is 0 Å².